The second kappa shape index (κ2) is 12.4. The first-order valence-electron chi connectivity index (χ1n) is 17.0. The molecule has 1 aliphatic heterocycles. The van der Waals surface area contributed by atoms with E-state index in [1.54, 1.807) is 0 Å². The number of amidine groups is 1. The van der Waals surface area contributed by atoms with Crippen molar-refractivity contribution in [2.75, 3.05) is 10.2 Å². The third kappa shape index (κ3) is 5.06. The highest BCUT2D eigenvalue weighted by molar-refractivity contribution is 6.14. The summed E-state index contributed by atoms with van der Waals surface area (Å²) in [6, 6.07) is 64.3. The molecule has 0 bridgehead atoms. The Kier molecular flexibility index (Phi) is 7.33. The summed E-state index contributed by atoms with van der Waals surface area (Å²) >= 11 is 0. The zero-order chi connectivity index (χ0) is 33.4. The molecule has 4 nitrogen and oxygen atoms in total. The van der Waals surface area contributed by atoms with Crippen molar-refractivity contribution >= 4 is 45.2 Å². The van der Waals surface area contributed by atoms with Gasteiger partial charge >= 0.3 is 0 Å². The van der Waals surface area contributed by atoms with Gasteiger partial charge in [0.25, 0.3) is 0 Å². The maximum absolute atomic E-state index is 5.15. The maximum atomic E-state index is 5.15. The van der Waals surface area contributed by atoms with Gasteiger partial charge in [0.15, 0.2) is 0 Å². The van der Waals surface area contributed by atoms with Crippen molar-refractivity contribution in [3.8, 4) is 28.1 Å². The summed E-state index contributed by atoms with van der Waals surface area (Å²) in [6.45, 7) is 2.12. The summed E-state index contributed by atoms with van der Waals surface area (Å²) in [5, 5.41) is 4.90. The van der Waals surface area contributed by atoms with E-state index >= 15 is 0 Å². The zero-order valence-electron chi connectivity index (χ0n) is 27.7. The molecule has 0 saturated carbocycles. The lowest BCUT2D eigenvalue weighted by molar-refractivity contribution is 1.13. The van der Waals surface area contributed by atoms with Crippen molar-refractivity contribution in [2.45, 2.75) is 6.92 Å². The lowest BCUT2D eigenvalue weighted by Crippen LogP contribution is -2.16. The number of hydrogen-bond acceptors (Lipinski definition) is 2. The Hall–Kier alpha value is -6.65. The van der Waals surface area contributed by atoms with Gasteiger partial charge in [0.05, 0.1) is 28.3 Å². The standard InChI is InChI=1S/C46H34N4/c1-32-17-8-12-27-40(32)48-46(47-34-19-4-2-5-20-34)33-18-16-23-36(31-33)49-41-28-13-9-24-37(41)44-38-25-10-14-29-42(38)50(35-21-6-3-7-22-35)45(44)39-26-11-15-30-43(39)49/h2-31H,1H3,(H,47,48). The summed E-state index contributed by atoms with van der Waals surface area (Å²) in [5.74, 6) is 0.786. The van der Waals surface area contributed by atoms with E-state index in [2.05, 4.69) is 173 Å². The van der Waals surface area contributed by atoms with Crippen LogP contribution in [0.3, 0.4) is 0 Å². The minimum Gasteiger partial charge on any atom is -0.339 e. The van der Waals surface area contributed by atoms with Gasteiger partial charge in [0, 0.05) is 44.7 Å². The molecule has 0 amide bonds. The molecule has 9 rings (SSSR count). The summed E-state index contributed by atoms with van der Waals surface area (Å²) < 4.78 is 2.43. The number of para-hydroxylation sites is 6. The molecule has 1 N–H and O–H groups in total. The molecule has 0 fully saturated rings. The topological polar surface area (TPSA) is 32.6 Å². The van der Waals surface area contributed by atoms with Gasteiger partial charge in [-0.15, -0.1) is 0 Å². The Morgan fingerprint density at radius 1 is 0.540 bits per heavy atom. The lowest BCUT2D eigenvalue weighted by Gasteiger charge is -2.28. The smallest absolute Gasteiger partial charge is 0.138 e. The average molecular weight is 643 g/mol. The highest BCUT2D eigenvalue weighted by Gasteiger charge is 2.31. The van der Waals surface area contributed by atoms with E-state index < -0.39 is 0 Å². The monoisotopic (exact) mass is 642 g/mol. The Balaban J connectivity index is 1.28. The number of aliphatic imine (C=N–C) groups is 1. The van der Waals surface area contributed by atoms with Gasteiger partial charge < -0.3 is 14.8 Å². The number of anilines is 4. The van der Waals surface area contributed by atoms with Crippen molar-refractivity contribution in [3.63, 3.8) is 0 Å². The van der Waals surface area contributed by atoms with Crippen LogP contribution in [-0.4, -0.2) is 10.4 Å². The van der Waals surface area contributed by atoms with Crippen LogP contribution in [-0.2, 0) is 0 Å². The van der Waals surface area contributed by atoms with Gasteiger partial charge in [0.2, 0.25) is 0 Å². The Morgan fingerprint density at radius 3 is 1.96 bits per heavy atom. The van der Waals surface area contributed by atoms with Gasteiger partial charge in [-0.1, -0.05) is 121 Å². The largest absolute Gasteiger partial charge is 0.339 e. The number of aromatic nitrogens is 1. The van der Waals surface area contributed by atoms with E-state index in [1.165, 1.54) is 33.3 Å². The van der Waals surface area contributed by atoms with Gasteiger partial charge in [-0.25, -0.2) is 4.99 Å². The van der Waals surface area contributed by atoms with Crippen LogP contribution in [0.1, 0.15) is 11.1 Å². The predicted molar refractivity (Wildman–Crippen MR) is 210 cm³/mol. The first kappa shape index (κ1) is 29.5. The van der Waals surface area contributed by atoms with Crippen molar-refractivity contribution in [1.82, 2.24) is 4.57 Å². The first-order chi connectivity index (χ1) is 24.7. The first-order valence-corrected chi connectivity index (χ1v) is 17.0. The van der Waals surface area contributed by atoms with Gasteiger partial charge in [-0.2, -0.15) is 0 Å². The molecule has 1 aliphatic rings. The third-order valence-corrected chi connectivity index (χ3v) is 9.48. The number of benzene rings is 7. The minimum absolute atomic E-state index is 0.786. The molecule has 0 spiro atoms. The molecule has 0 unspecified atom stereocenters. The van der Waals surface area contributed by atoms with E-state index in [-0.39, 0.29) is 0 Å². The number of aryl methyl sites for hydroxylation is 1. The molecule has 7 aromatic carbocycles. The van der Waals surface area contributed by atoms with Crippen LogP contribution < -0.4 is 10.2 Å². The van der Waals surface area contributed by atoms with Crippen LogP contribution in [0.25, 0.3) is 39.0 Å². The van der Waals surface area contributed by atoms with Crippen LogP contribution in [0.2, 0.25) is 0 Å². The average Bonchev–Trinajstić information content (AvgIpc) is 3.45. The summed E-state index contributed by atoms with van der Waals surface area (Å²) in [7, 11) is 0. The number of rotatable bonds is 5. The van der Waals surface area contributed by atoms with E-state index in [1.807, 2.05) is 30.3 Å². The molecule has 8 aromatic rings. The van der Waals surface area contributed by atoms with E-state index in [0.29, 0.717) is 0 Å². The molecule has 0 aliphatic carbocycles. The fourth-order valence-electron chi connectivity index (χ4n) is 7.20. The van der Waals surface area contributed by atoms with E-state index in [4.69, 9.17) is 4.99 Å². The van der Waals surface area contributed by atoms with E-state index in [9.17, 15) is 0 Å². The predicted octanol–water partition coefficient (Wildman–Crippen LogP) is 12.2. The molecular formula is C46H34N4. The van der Waals surface area contributed by atoms with Crippen LogP contribution in [0, 0.1) is 6.92 Å². The third-order valence-electron chi connectivity index (χ3n) is 9.48. The molecule has 4 heteroatoms. The van der Waals surface area contributed by atoms with Gasteiger partial charge in [-0.05, 0) is 73.2 Å². The van der Waals surface area contributed by atoms with E-state index in [0.717, 1.165) is 51.1 Å². The van der Waals surface area contributed by atoms with Crippen molar-refractivity contribution in [3.05, 3.63) is 193 Å². The number of fused-ring (bicyclic) bond motifs is 7. The van der Waals surface area contributed by atoms with Crippen LogP contribution in [0.4, 0.5) is 28.4 Å². The number of nitrogens with zero attached hydrogens (tertiary/aromatic N) is 3. The summed E-state index contributed by atoms with van der Waals surface area (Å²) in [5.41, 5.74) is 14.5. The second-order valence-electron chi connectivity index (χ2n) is 12.6. The van der Waals surface area contributed by atoms with Crippen LogP contribution >= 0.6 is 0 Å². The Morgan fingerprint density at radius 2 is 1.16 bits per heavy atom. The molecule has 2 heterocycles. The molecule has 50 heavy (non-hydrogen) atoms. The molecule has 0 saturated heterocycles. The van der Waals surface area contributed by atoms with Crippen molar-refractivity contribution in [2.24, 2.45) is 4.99 Å². The quantitative estimate of drug-likeness (QED) is 0.150. The molecular weight excluding hydrogens is 609 g/mol. The summed E-state index contributed by atoms with van der Waals surface area (Å²) in [6.07, 6.45) is 0. The number of hydrogen-bond donors (Lipinski definition) is 1. The fraction of sp³-hybridized carbons (Fsp3) is 0.0217. The van der Waals surface area contributed by atoms with Gasteiger partial charge in [-0.3, -0.25) is 0 Å². The minimum atomic E-state index is 0.786. The molecule has 0 radical (unpaired) electrons. The lowest BCUT2D eigenvalue weighted by atomic mass is 9.98. The van der Waals surface area contributed by atoms with Gasteiger partial charge in [0.1, 0.15) is 5.84 Å². The fourth-order valence-corrected chi connectivity index (χ4v) is 7.20. The molecule has 1 aromatic heterocycles. The normalized spacial score (nSPS) is 12.2. The molecule has 238 valence electrons. The van der Waals surface area contributed by atoms with Crippen molar-refractivity contribution in [1.29, 1.82) is 0 Å². The van der Waals surface area contributed by atoms with Crippen molar-refractivity contribution < 1.29 is 0 Å². The van der Waals surface area contributed by atoms with Crippen LogP contribution in [0.15, 0.2) is 187 Å². The van der Waals surface area contributed by atoms with Crippen LogP contribution in [0.5, 0.6) is 0 Å². The summed E-state index contributed by atoms with van der Waals surface area (Å²) in [4.78, 5) is 7.55. The number of nitrogens with one attached hydrogen (secondary N) is 1. The second-order valence-corrected chi connectivity index (χ2v) is 12.6. The zero-order valence-corrected chi connectivity index (χ0v) is 27.7. The SMILES string of the molecule is Cc1ccccc1NC(=Nc1ccccc1)c1cccc(N2c3ccccc3-c3c(n(-c4ccccc4)c4ccccc34)-c3ccccc32)c1. The molecule has 0 atom stereocenters. The highest BCUT2D eigenvalue weighted by Crippen LogP contribution is 2.54. The maximum Gasteiger partial charge on any atom is 0.138 e. The Bertz CT molecular complexity index is 2530. The highest BCUT2D eigenvalue weighted by atomic mass is 15.2. The Labute approximate surface area is 292 Å².